The molecular weight excluding hydrogens is 498 g/mol. The van der Waals surface area contributed by atoms with Gasteiger partial charge in [-0.1, -0.05) is 60.1 Å². The van der Waals surface area contributed by atoms with Crippen molar-refractivity contribution in [3.63, 3.8) is 0 Å². The molecule has 1 amide bonds. The van der Waals surface area contributed by atoms with E-state index >= 15 is 0 Å². The van der Waals surface area contributed by atoms with Crippen molar-refractivity contribution in [1.29, 1.82) is 0 Å². The number of benzene rings is 3. The maximum atomic E-state index is 12.7. The normalized spacial score (nSPS) is 14.4. The SMILES string of the molecule is CS(=O)(=O)N(Cc1ccccc1Cl)c1ccc(OCC(=O)N2CCN(Cc3ccccc3)CC2)cc1. The summed E-state index contributed by atoms with van der Waals surface area (Å²) in [4.78, 5) is 16.8. The van der Waals surface area contributed by atoms with Crippen LogP contribution in [0.25, 0.3) is 0 Å². The molecule has 0 N–H and O–H groups in total. The molecule has 4 rings (SSSR count). The standard InChI is InChI=1S/C27H30ClN3O4S/c1-36(33,34)31(20-23-9-5-6-10-26(23)28)24-11-13-25(14-12-24)35-21-27(32)30-17-15-29(16-18-30)19-22-7-3-2-4-8-22/h2-14H,15-21H2,1H3. The number of carbonyl (C=O) groups excluding carboxylic acids is 1. The van der Waals surface area contributed by atoms with Gasteiger partial charge in [-0.3, -0.25) is 14.0 Å². The van der Waals surface area contributed by atoms with Crippen molar-refractivity contribution < 1.29 is 17.9 Å². The number of ether oxygens (including phenoxy) is 1. The number of sulfonamides is 1. The predicted octanol–water partition coefficient (Wildman–Crippen LogP) is 4.03. The van der Waals surface area contributed by atoms with Crippen LogP contribution in [0.5, 0.6) is 5.75 Å². The van der Waals surface area contributed by atoms with Crippen molar-refractivity contribution in [2.45, 2.75) is 13.1 Å². The third-order valence-corrected chi connectivity index (χ3v) is 7.64. The maximum Gasteiger partial charge on any atom is 0.260 e. The second-order valence-electron chi connectivity index (χ2n) is 8.79. The molecule has 190 valence electrons. The van der Waals surface area contributed by atoms with E-state index in [1.165, 1.54) is 9.87 Å². The van der Waals surface area contributed by atoms with Crippen molar-refractivity contribution in [2.24, 2.45) is 0 Å². The van der Waals surface area contributed by atoms with Gasteiger partial charge in [-0.15, -0.1) is 0 Å². The molecule has 9 heteroatoms. The third-order valence-electron chi connectivity index (χ3n) is 6.13. The fraction of sp³-hybridized carbons (Fsp3) is 0.296. The van der Waals surface area contributed by atoms with Gasteiger partial charge in [-0.2, -0.15) is 0 Å². The molecule has 0 aromatic heterocycles. The minimum atomic E-state index is -3.54. The highest BCUT2D eigenvalue weighted by molar-refractivity contribution is 7.92. The number of carbonyl (C=O) groups is 1. The lowest BCUT2D eigenvalue weighted by atomic mass is 10.2. The Labute approximate surface area is 217 Å². The fourth-order valence-electron chi connectivity index (χ4n) is 4.12. The highest BCUT2D eigenvalue weighted by Gasteiger charge is 2.22. The first-order valence-corrected chi connectivity index (χ1v) is 14.0. The summed E-state index contributed by atoms with van der Waals surface area (Å²) in [5.74, 6) is 0.441. The summed E-state index contributed by atoms with van der Waals surface area (Å²) in [6, 6.07) is 24.1. The molecule has 7 nitrogen and oxygen atoms in total. The van der Waals surface area contributed by atoms with Gasteiger partial charge in [-0.25, -0.2) is 8.42 Å². The highest BCUT2D eigenvalue weighted by atomic mass is 35.5. The molecule has 3 aromatic rings. The Bertz CT molecular complexity index is 1260. The molecule has 3 aromatic carbocycles. The largest absolute Gasteiger partial charge is 0.484 e. The summed E-state index contributed by atoms with van der Waals surface area (Å²) in [6.45, 7) is 3.91. The molecule has 1 fully saturated rings. The summed E-state index contributed by atoms with van der Waals surface area (Å²) < 4.78 is 31.9. The van der Waals surface area contributed by atoms with Crippen LogP contribution in [-0.4, -0.2) is 63.2 Å². The van der Waals surface area contributed by atoms with Crippen molar-refractivity contribution in [1.82, 2.24) is 9.80 Å². The van der Waals surface area contributed by atoms with E-state index in [1.54, 1.807) is 42.5 Å². The summed E-state index contributed by atoms with van der Waals surface area (Å²) in [6.07, 6.45) is 1.16. The number of piperazine rings is 1. The van der Waals surface area contributed by atoms with Crippen LogP contribution in [0.2, 0.25) is 5.02 Å². The number of hydrogen-bond acceptors (Lipinski definition) is 5. The fourth-order valence-corrected chi connectivity index (χ4v) is 5.20. The number of hydrogen-bond donors (Lipinski definition) is 0. The van der Waals surface area contributed by atoms with Gasteiger partial charge in [0.15, 0.2) is 6.61 Å². The second kappa shape index (κ2) is 11.8. The molecular formula is C27H30ClN3O4S. The van der Waals surface area contributed by atoms with Gasteiger partial charge in [-0.05, 0) is 41.5 Å². The quantitative estimate of drug-likeness (QED) is 0.420. The molecule has 1 aliphatic rings. The summed E-state index contributed by atoms with van der Waals surface area (Å²) in [5, 5.41) is 0.505. The van der Waals surface area contributed by atoms with Gasteiger partial charge >= 0.3 is 0 Å². The summed E-state index contributed by atoms with van der Waals surface area (Å²) in [5.41, 5.74) is 2.47. The predicted molar refractivity (Wildman–Crippen MR) is 143 cm³/mol. The number of nitrogens with zero attached hydrogens (tertiary/aromatic N) is 3. The smallest absolute Gasteiger partial charge is 0.260 e. The van der Waals surface area contributed by atoms with Crippen LogP contribution in [0.15, 0.2) is 78.9 Å². The van der Waals surface area contributed by atoms with E-state index in [9.17, 15) is 13.2 Å². The van der Waals surface area contributed by atoms with Crippen LogP contribution < -0.4 is 9.04 Å². The van der Waals surface area contributed by atoms with Crippen LogP contribution in [0.3, 0.4) is 0 Å². The van der Waals surface area contributed by atoms with Crippen LogP contribution in [0.1, 0.15) is 11.1 Å². The van der Waals surface area contributed by atoms with Crippen LogP contribution in [0.4, 0.5) is 5.69 Å². The van der Waals surface area contributed by atoms with E-state index in [0.717, 1.165) is 25.9 Å². The van der Waals surface area contributed by atoms with Gasteiger partial charge in [0.2, 0.25) is 10.0 Å². The van der Waals surface area contributed by atoms with Gasteiger partial charge in [0.1, 0.15) is 5.75 Å². The topological polar surface area (TPSA) is 70.2 Å². The zero-order chi connectivity index (χ0) is 25.5. The number of halogens is 1. The number of anilines is 1. The van der Waals surface area contributed by atoms with Gasteiger partial charge < -0.3 is 9.64 Å². The zero-order valence-electron chi connectivity index (χ0n) is 20.2. The minimum Gasteiger partial charge on any atom is -0.484 e. The average Bonchev–Trinajstić information content (AvgIpc) is 2.87. The Morgan fingerprint density at radius 2 is 1.56 bits per heavy atom. The van der Waals surface area contributed by atoms with Crippen LogP contribution in [-0.2, 0) is 27.9 Å². The van der Waals surface area contributed by atoms with Gasteiger partial charge in [0.05, 0.1) is 18.5 Å². The molecule has 0 spiro atoms. The van der Waals surface area contributed by atoms with Crippen molar-refractivity contribution in [2.75, 3.05) is 43.3 Å². The van der Waals surface area contributed by atoms with E-state index in [2.05, 4.69) is 17.0 Å². The van der Waals surface area contributed by atoms with Crippen LogP contribution >= 0.6 is 11.6 Å². The molecule has 36 heavy (non-hydrogen) atoms. The summed E-state index contributed by atoms with van der Waals surface area (Å²) in [7, 11) is -3.54. The molecule has 0 unspecified atom stereocenters. The van der Waals surface area contributed by atoms with Crippen molar-refractivity contribution in [3.8, 4) is 5.75 Å². The molecule has 1 saturated heterocycles. The lowest BCUT2D eigenvalue weighted by Crippen LogP contribution is -2.49. The Morgan fingerprint density at radius 1 is 0.917 bits per heavy atom. The Kier molecular flexibility index (Phi) is 8.51. The molecule has 0 atom stereocenters. The van der Waals surface area contributed by atoms with E-state index in [1.807, 2.05) is 29.2 Å². The lowest BCUT2D eigenvalue weighted by Gasteiger charge is -2.34. The lowest BCUT2D eigenvalue weighted by molar-refractivity contribution is -0.135. The zero-order valence-corrected chi connectivity index (χ0v) is 21.8. The average molecular weight is 528 g/mol. The van der Waals surface area contributed by atoms with Crippen molar-refractivity contribution in [3.05, 3.63) is 95.0 Å². The molecule has 1 heterocycles. The van der Waals surface area contributed by atoms with Crippen molar-refractivity contribution >= 4 is 33.2 Å². The first-order valence-electron chi connectivity index (χ1n) is 11.8. The number of rotatable bonds is 9. The van der Waals surface area contributed by atoms with Gasteiger partial charge in [0.25, 0.3) is 5.91 Å². The van der Waals surface area contributed by atoms with E-state index in [4.69, 9.17) is 16.3 Å². The highest BCUT2D eigenvalue weighted by Crippen LogP contribution is 2.26. The maximum absolute atomic E-state index is 12.7. The molecule has 0 aliphatic carbocycles. The summed E-state index contributed by atoms with van der Waals surface area (Å²) >= 11 is 6.23. The van der Waals surface area contributed by atoms with Gasteiger partial charge in [0, 0.05) is 37.7 Å². The monoisotopic (exact) mass is 527 g/mol. The first kappa shape index (κ1) is 26.0. The first-order chi connectivity index (χ1) is 17.3. The van der Waals surface area contributed by atoms with E-state index < -0.39 is 10.0 Å². The Morgan fingerprint density at radius 3 is 2.19 bits per heavy atom. The second-order valence-corrected chi connectivity index (χ2v) is 11.1. The Hall–Kier alpha value is -3.07. The molecule has 0 radical (unpaired) electrons. The minimum absolute atomic E-state index is 0.0603. The van der Waals surface area contributed by atoms with E-state index in [0.29, 0.717) is 35.1 Å². The molecule has 0 bridgehead atoms. The molecule has 1 aliphatic heterocycles. The molecule has 0 saturated carbocycles. The number of amides is 1. The van der Waals surface area contributed by atoms with Crippen LogP contribution in [0, 0.1) is 0 Å². The van der Waals surface area contributed by atoms with E-state index in [-0.39, 0.29) is 19.1 Å². The third kappa shape index (κ3) is 7.00. The Balaban J connectivity index is 1.30.